The van der Waals surface area contributed by atoms with Crippen LogP contribution in [0.3, 0.4) is 0 Å². The summed E-state index contributed by atoms with van der Waals surface area (Å²) in [6.07, 6.45) is 3.16. The van der Waals surface area contributed by atoms with Crippen LogP contribution in [-0.4, -0.2) is 16.3 Å². The van der Waals surface area contributed by atoms with Crippen molar-refractivity contribution < 1.29 is 8.78 Å². The highest BCUT2D eigenvalue weighted by molar-refractivity contribution is 5.26. The number of nitrogens with zero attached hydrogens (tertiary/aromatic N) is 2. The zero-order valence-electron chi connectivity index (χ0n) is 12.7. The molecule has 0 bridgehead atoms. The van der Waals surface area contributed by atoms with Gasteiger partial charge < -0.3 is 5.32 Å². The minimum Gasteiger partial charge on any atom is -0.310 e. The number of benzene rings is 1. The van der Waals surface area contributed by atoms with Gasteiger partial charge >= 0.3 is 0 Å². The zero-order valence-corrected chi connectivity index (χ0v) is 12.7. The fraction of sp³-hybridized carbons (Fsp3) is 0.438. The van der Waals surface area contributed by atoms with Crippen LogP contribution in [0.1, 0.15) is 36.2 Å². The van der Waals surface area contributed by atoms with E-state index in [0.29, 0.717) is 12.0 Å². The molecule has 21 heavy (non-hydrogen) atoms. The minimum atomic E-state index is -0.413. The summed E-state index contributed by atoms with van der Waals surface area (Å²) in [7, 11) is 1.87. The Kier molecular flexibility index (Phi) is 5.07. The Bertz CT molecular complexity index is 608. The second-order valence-corrected chi connectivity index (χ2v) is 5.26. The predicted molar refractivity (Wildman–Crippen MR) is 79.0 cm³/mol. The van der Waals surface area contributed by atoms with Crippen LogP contribution in [0.2, 0.25) is 0 Å². The lowest BCUT2D eigenvalue weighted by Gasteiger charge is -2.19. The Morgan fingerprint density at radius 2 is 2.10 bits per heavy atom. The molecule has 0 radical (unpaired) electrons. The lowest BCUT2D eigenvalue weighted by Crippen LogP contribution is -2.25. The summed E-state index contributed by atoms with van der Waals surface area (Å²) < 4.78 is 29.0. The van der Waals surface area contributed by atoms with Crippen molar-refractivity contribution in [2.45, 2.75) is 32.7 Å². The molecule has 0 fully saturated rings. The van der Waals surface area contributed by atoms with Crippen molar-refractivity contribution in [2.75, 3.05) is 6.54 Å². The van der Waals surface area contributed by atoms with Crippen molar-refractivity contribution in [2.24, 2.45) is 7.05 Å². The molecule has 3 nitrogen and oxygen atoms in total. The number of hydrogen-bond acceptors (Lipinski definition) is 2. The van der Waals surface area contributed by atoms with Crippen molar-refractivity contribution in [3.05, 3.63) is 52.9 Å². The van der Waals surface area contributed by atoms with E-state index in [4.69, 9.17) is 0 Å². The Labute approximate surface area is 124 Å². The average molecular weight is 293 g/mol. The van der Waals surface area contributed by atoms with Crippen LogP contribution in [-0.2, 0) is 13.5 Å². The average Bonchev–Trinajstić information content (AvgIpc) is 2.79. The highest BCUT2D eigenvalue weighted by Crippen LogP contribution is 2.23. The number of rotatable bonds is 6. The van der Waals surface area contributed by atoms with Crippen LogP contribution >= 0.6 is 0 Å². The van der Waals surface area contributed by atoms with Gasteiger partial charge in [-0.05, 0) is 50.1 Å². The molecule has 1 unspecified atom stereocenters. The predicted octanol–water partition coefficient (Wildman–Crippen LogP) is 3.29. The number of halogens is 2. The van der Waals surface area contributed by atoms with E-state index >= 15 is 0 Å². The lowest BCUT2D eigenvalue weighted by molar-refractivity contribution is 0.506. The Morgan fingerprint density at radius 1 is 1.33 bits per heavy atom. The molecule has 1 atom stereocenters. The second-order valence-electron chi connectivity index (χ2n) is 5.26. The highest BCUT2D eigenvalue weighted by Gasteiger charge is 2.18. The normalized spacial score (nSPS) is 12.6. The fourth-order valence-electron chi connectivity index (χ4n) is 2.39. The van der Waals surface area contributed by atoms with E-state index in [1.54, 1.807) is 10.9 Å². The standard InChI is InChI=1S/C16H21F2N3/c1-4-7-19-16(14-10-20-21(3)11(14)2)9-12-8-13(17)5-6-15(12)18/h5-6,8,10,16,19H,4,7,9H2,1-3H3. The van der Waals surface area contributed by atoms with Gasteiger partial charge in [-0.2, -0.15) is 5.10 Å². The molecule has 0 aliphatic heterocycles. The van der Waals surface area contributed by atoms with Crippen molar-refractivity contribution in [1.29, 1.82) is 0 Å². The van der Waals surface area contributed by atoms with Crippen molar-refractivity contribution >= 4 is 0 Å². The van der Waals surface area contributed by atoms with E-state index in [1.165, 1.54) is 12.1 Å². The molecule has 2 aromatic rings. The Hall–Kier alpha value is -1.75. The van der Waals surface area contributed by atoms with Crippen LogP contribution in [0.5, 0.6) is 0 Å². The van der Waals surface area contributed by atoms with Gasteiger partial charge in [-0.3, -0.25) is 4.68 Å². The molecule has 1 heterocycles. The summed E-state index contributed by atoms with van der Waals surface area (Å²) in [6.45, 7) is 4.86. The molecular formula is C16H21F2N3. The molecule has 114 valence electrons. The first kappa shape index (κ1) is 15.6. The number of hydrogen-bond donors (Lipinski definition) is 1. The quantitative estimate of drug-likeness (QED) is 0.885. The van der Waals surface area contributed by atoms with Crippen molar-refractivity contribution in [1.82, 2.24) is 15.1 Å². The maximum atomic E-state index is 13.9. The van der Waals surface area contributed by atoms with E-state index in [1.807, 2.05) is 14.0 Å². The molecule has 0 saturated carbocycles. The van der Waals surface area contributed by atoms with Gasteiger partial charge in [0.25, 0.3) is 0 Å². The van der Waals surface area contributed by atoms with Gasteiger partial charge in [0.15, 0.2) is 0 Å². The van der Waals surface area contributed by atoms with Crippen LogP contribution in [0.4, 0.5) is 8.78 Å². The number of aryl methyl sites for hydroxylation is 1. The molecule has 0 aliphatic carbocycles. The van der Waals surface area contributed by atoms with Crippen molar-refractivity contribution in [3.63, 3.8) is 0 Å². The summed E-state index contributed by atoms with van der Waals surface area (Å²) in [5.41, 5.74) is 2.43. The molecule has 0 saturated heterocycles. The molecule has 0 spiro atoms. The van der Waals surface area contributed by atoms with E-state index in [-0.39, 0.29) is 11.9 Å². The third-order valence-electron chi connectivity index (χ3n) is 3.72. The summed E-state index contributed by atoms with van der Waals surface area (Å²) in [5.74, 6) is -0.787. The first-order valence-corrected chi connectivity index (χ1v) is 7.18. The first-order valence-electron chi connectivity index (χ1n) is 7.18. The van der Waals surface area contributed by atoms with Crippen LogP contribution in [0.25, 0.3) is 0 Å². The van der Waals surface area contributed by atoms with Crippen molar-refractivity contribution in [3.8, 4) is 0 Å². The Balaban J connectivity index is 2.28. The lowest BCUT2D eigenvalue weighted by atomic mass is 9.98. The first-order chi connectivity index (χ1) is 10.0. The topological polar surface area (TPSA) is 29.9 Å². The van der Waals surface area contributed by atoms with Gasteiger partial charge in [-0.1, -0.05) is 6.92 Å². The minimum absolute atomic E-state index is 0.0741. The smallest absolute Gasteiger partial charge is 0.126 e. The molecule has 0 aliphatic rings. The largest absolute Gasteiger partial charge is 0.310 e. The fourth-order valence-corrected chi connectivity index (χ4v) is 2.39. The van der Waals surface area contributed by atoms with Gasteiger partial charge in [0.05, 0.1) is 6.20 Å². The van der Waals surface area contributed by atoms with Gasteiger partial charge in [0, 0.05) is 24.3 Å². The number of aromatic nitrogens is 2. The Morgan fingerprint density at radius 3 is 2.71 bits per heavy atom. The van der Waals surface area contributed by atoms with Crippen LogP contribution in [0, 0.1) is 18.6 Å². The summed E-state index contributed by atoms with van der Waals surface area (Å²) in [6, 6.07) is 3.51. The van der Waals surface area contributed by atoms with Gasteiger partial charge in [-0.25, -0.2) is 8.78 Å². The zero-order chi connectivity index (χ0) is 15.4. The highest BCUT2D eigenvalue weighted by atomic mass is 19.1. The molecule has 1 aromatic carbocycles. The molecule has 1 N–H and O–H groups in total. The summed E-state index contributed by atoms with van der Waals surface area (Å²) in [4.78, 5) is 0. The monoisotopic (exact) mass is 293 g/mol. The van der Waals surface area contributed by atoms with E-state index in [0.717, 1.165) is 30.3 Å². The van der Waals surface area contributed by atoms with Crippen LogP contribution < -0.4 is 5.32 Å². The molecule has 5 heteroatoms. The molecule has 0 amide bonds. The van der Waals surface area contributed by atoms with Crippen LogP contribution in [0.15, 0.2) is 24.4 Å². The van der Waals surface area contributed by atoms with Gasteiger partial charge in [-0.15, -0.1) is 0 Å². The number of nitrogens with one attached hydrogen (secondary N) is 1. The third-order valence-corrected chi connectivity index (χ3v) is 3.72. The summed E-state index contributed by atoms with van der Waals surface area (Å²) >= 11 is 0. The van der Waals surface area contributed by atoms with Gasteiger partial charge in [0.2, 0.25) is 0 Å². The molecular weight excluding hydrogens is 272 g/mol. The maximum absolute atomic E-state index is 13.9. The molecule has 1 aromatic heterocycles. The van der Waals surface area contributed by atoms with E-state index in [2.05, 4.69) is 17.3 Å². The van der Waals surface area contributed by atoms with E-state index in [9.17, 15) is 8.78 Å². The van der Waals surface area contributed by atoms with E-state index < -0.39 is 5.82 Å². The molecule has 2 rings (SSSR count). The summed E-state index contributed by atoms with van der Waals surface area (Å²) in [5, 5.41) is 7.63. The van der Waals surface area contributed by atoms with Gasteiger partial charge in [0.1, 0.15) is 11.6 Å². The third kappa shape index (κ3) is 3.67. The SMILES string of the molecule is CCCNC(Cc1cc(F)ccc1F)c1cnn(C)c1C. The second kappa shape index (κ2) is 6.80. The maximum Gasteiger partial charge on any atom is 0.126 e.